The van der Waals surface area contributed by atoms with Crippen LogP contribution in [-0.4, -0.2) is 55.5 Å². The number of rotatable bonds is 9. The largest absolute Gasteiger partial charge is 0.453 e. The van der Waals surface area contributed by atoms with Crippen molar-refractivity contribution in [2.45, 2.75) is 30.1 Å². The first-order valence-corrected chi connectivity index (χ1v) is 14.9. The number of ether oxygens (including phenoxy) is 3. The average Bonchev–Trinajstić information content (AvgIpc) is 3.68. The first-order chi connectivity index (χ1) is 22.6. The molecule has 0 amide bonds. The summed E-state index contributed by atoms with van der Waals surface area (Å²) in [7, 11) is 0. The molecular weight excluding hydrogens is 582 g/mol. The minimum atomic E-state index is -1.30. The van der Waals surface area contributed by atoms with Gasteiger partial charge in [0.25, 0.3) is 0 Å². The van der Waals surface area contributed by atoms with Crippen molar-refractivity contribution in [3.63, 3.8) is 0 Å². The van der Waals surface area contributed by atoms with Crippen molar-refractivity contribution in [2.24, 2.45) is 0 Å². The fourth-order valence-corrected chi connectivity index (χ4v) is 6.03. The van der Waals surface area contributed by atoms with E-state index >= 15 is 0 Å². The molecule has 0 saturated carbocycles. The summed E-state index contributed by atoms with van der Waals surface area (Å²) in [4.78, 5) is 26.0. The van der Waals surface area contributed by atoms with E-state index in [-0.39, 0.29) is 12.4 Å². The maximum atomic E-state index is 13.3. The summed E-state index contributed by atoms with van der Waals surface area (Å²) >= 11 is 0. The Kier molecular flexibility index (Phi) is 7.98. The summed E-state index contributed by atoms with van der Waals surface area (Å²) in [6.07, 6.45) is -1.51. The molecule has 4 unspecified atom stereocenters. The molecule has 0 radical (unpaired) electrons. The van der Waals surface area contributed by atoms with E-state index in [0.717, 1.165) is 16.7 Å². The molecule has 6 aromatic rings. The second kappa shape index (κ2) is 12.5. The number of esters is 1. The lowest BCUT2D eigenvalue weighted by Crippen LogP contribution is -2.41. The number of aromatic nitrogens is 4. The Balaban J connectivity index is 1.29. The molecule has 2 aromatic heterocycles. The maximum Gasteiger partial charge on any atom is 0.338 e. The van der Waals surface area contributed by atoms with Crippen LogP contribution in [0.1, 0.15) is 33.3 Å². The van der Waals surface area contributed by atoms with Crippen LogP contribution in [0.5, 0.6) is 0 Å². The van der Waals surface area contributed by atoms with Crippen molar-refractivity contribution >= 4 is 23.0 Å². The molecule has 10 heteroatoms. The number of benzene rings is 4. The molecule has 0 aliphatic carbocycles. The number of imidazole rings is 1. The van der Waals surface area contributed by atoms with Crippen LogP contribution in [0.15, 0.2) is 134 Å². The predicted molar refractivity (Wildman–Crippen MR) is 170 cm³/mol. The van der Waals surface area contributed by atoms with E-state index in [9.17, 15) is 9.90 Å². The van der Waals surface area contributed by atoms with Gasteiger partial charge in [-0.05, 0) is 28.8 Å². The van der Waals surface area contributed by atoms with Gasteiger partial charge in [-0.25, -0.2) is 19.7 Å². The van der Waals surface area contributed by atoms with E-state index in [1.807, 2.05) is 97.1 Å². The SMILES string of the molecule is Nc1ncnc2c1ncn2C1OC(COC(c2ccccc2)(c2ccccc2)c2ccccc2)C(OC(=O)c2ccccc2)C1O. The van der Waals surface area contributed by atoms with Gasteiger partial charge in [0.2, 0.25) is 0 Å². The zero-order valence-corrected chi connectivity index (χ0v) is 24.7. The highest BCUT2D eigenvalue weighted by atomic mass is 16.6. The third kappa shape index (κ3) is 5.28. The number of hydrogen-bond acceptors (Lipinski definition) is 9. The molecule has 0 spiro atoms. The van der Waals surface area contributed by atoms with Crippen molar-refractivity contribution in [1.29, 1.82) is 0 Å². The zero-order chi connectivity index (χ0) is 31.5. The Bertz CT molecular complexity index is 1830. The number of carbonyl (C=O) groups excluding carboxylic acids is 1. The molecule has 1 aliphatic heterocycles. The Morgan fingerprint density at radius 1 is 0.804 bits per heavy atom. The van der Waals surface area contributed by atoms with Crippen molar-refractivity contribution in [3.05, 3.63) is 156 Å². The third-order valence-electron chi connectivity index (χ3n) is 8.23. The number of aliphatic hydroxyl groups excluding tert-OH is 1. The van der Waals surface area contributed by atoms with Gasteiger partial charge >= 0.3 is 5.97 Å². The van der Waals surface area contributed by atoms with Gasteiger partial charge in [0.15, 0.2) is 23.8 Å². The van der Waals surface area contributed by atoms with Crippen molar-refractivity contribution in [2.75, 3.05) is 12.3 Å². The van der Waals surface area contributed by atoms with Gasteiger partial charge in [-0.1, -0.05) is 109 Å². The fourth-order valence-electron chi connectivity index (χ4n) is 6.03. The molecule has 4 atom stereocenters. The van der Waals surface area contributed by atoms with Crippen LogP contribution in [0.2, 0.25) is 0 Å². The molecule has 46 heavy (non-hydrogen) atoms. The lowest BCUT2D eigenvalue weighted by molar-refractivity contribution is -0.0960. The van der Waals surface area contributed by atoms with Gasteiger partial charge < -0.3 is 25.1 Å². The summed E-state index contributed by atoms with van der Waals surface area (Å²) in [5.74, 6) is -0.400. The summed E-state index contributed by atoms with van der Waals surface area (Å²) in [6.45, 7) is -0.0528. The summed E-state index contributed by atoms with van der Waals surface area (Å²) in [6, 6.07) is 38.4. The minimum absolute atomic E-state index is 0.0528. The molecule has 3 heterocycles. The van der Waals surface area contributed by atoms with Crippen LogP contribution in [0.25, 0.3) is 11.2 Å². The Labute approximate surface area is 265 Å². The molecule has 230 valence electrons. The van der Waals surface area contributed by atoms with Crippen molar-refractivity contribution in [1.82, 2.24) is 19.5 Å². The smallest absolute Gasteiger partial charge is 0.338 e. The Morgan fingerprint density at radius 2 is 1.35 bits per heavy atom. The van der Waals surface area contributed by atoms with Gasteiger partial charge in [0.1, 0.15) is 29.7 Å². The molecule has 1 aliphatic rings. The van der Waals surface area contributed by atoms with Crippen LogP contribution in [0.3, 0.4) is 0 Å². The minimum Gasteiger partial charge on any atom is -0.453 e. The number of hydrogen-bond donors (Lipinski definition) is 2. The predicted octanol–water partition coefficient (Wildman–Crippen LogP) is 4.90. The normalized spacial score (nSPS) is 19.7. The van der Waals surface area contributed by atoms with Crippen LogP contribution < -0.4 is 5.73 Å². The lowest BCUT2D eigenvalue weighted by atomic mass is 9.80. The van der Waals surface area contributed by atoms with E-state index in [1.165, 1.54) is 12.7 Å². The maximum absolute atomic E-state index is 13.3. The summed E-state index contributed by atoms with van der Waals surface area (Å²) < 4.78 is 21.1. The first kappa shape index (κ1) is 29.3. The zero-order valence-electron chi connectivity index (χ0n) is 24.7. The average molecular weight is 614 g/mol. The van der Waals surface area contributed by atoms with Gasteiger partial charge in [-0.15, -0.1) is 0 Å². The third-order valence-corrected chi connectivity index (χ3v) is 8.23. The molecule has 1 fully saturated rings. The van der Waals surface area contributed by atoms with Crippen molar-refractivity contribution < 1.29 is 24.1 Å². The quantitative estimate of drug-likeness (QED) is 0.172. The molecule has 3 N–H and O–H groups in total. The molecule has 4 aromatic carbocycles. The molecular formula is C36H31N5O5. The van der Waals surface area contributed by atoms with Gasteiger partial charge in [-0.2, -0.15) is 0 Å². The lowest BCUT2D eigenvalue weighted by Gasteiger charge is -2.37. The standard InChI is InChI=1S/C36H31N5O5/c37-32-29-33(39-22-38-32)41(23-40-29)34-30(42)31(46-35(43)24-13-5-1-6-14-24)28(45-34)21-44-36(25-15-7-2-8-16-25,26-17-9-3-10-18-26)27-19-11-4-12-20-27/h1-20,22-23,28,30-31,34,42H,21H2,(H2,37,38,39). The number of anilines is 1. The van der Waals surface area contributed by atoms with E-state index in [0.29, 0.717) is 16.7 Å². The second-order valence-electron chi connectivity index (χ2n) is 11.0. The van der Waals surface area contributed by atoms with E-state index in [2.05, 4.69) is 15.0 Å². The van der Waals surface area contributed by atoms with Crippen LogP contribution in [0.4, 0.5) is 5.82 Å². The number of carbonyl (C=O) groups is 1. The van der Waals surface area contributed by atoms with Crippen LogP contribution in [0, 0.1) is 0 Å². The number of aliphatic hydroxyl groups is 1. The second-order valence-corrected chi connectivity index (χ2v) is 11.0. The van der Waals surface area contributed by atoms with Gasteiger partial charge in [0, 0.05) is 0 Å². The molecule has 10 nitrogen and oxygen atoms in total. The number of nitrogens with two attached hydrogens (primary N) is 1. The van der Waals surface area contributed by atoms with E-state index in [4.69, 9.17) is 19.9 Å². The first-order valence-electron chi connectivity index (χ1n) is 14.9. The number of nitrogen functional groups attached to an aromatic ring is 1. The number of fused-ring (bicyclic) bond motifs is 1. The molecule has 0 bridgehead atoms. The highest BCUT2D eigenvalue weighted by Crippen LogP contribution is 2.42. The highest BCUT2D eigenvalue weighted by molar-refractivity contribution is 5.89. The van der Waals surface area contributed by atoms with Gasteiger partial charge in [0.05, 0.1) is 18.5 Å². The number of nitrogens with zero attached hydrogens (tertiary/aromatic N) is 4. The Morgan fingerprint density at radius 3 is 1.91 bits per heavy atom. The molecule has 1 saturated heterocycles. The highest BCUT2D eigenvalue weighted by Gasteiger charge is 2.49. The van der Waals surface area contributed by atoms with E-state index in [1.54, 1.807) is 28.8 Å². The monoisotopic (exact) mass is 613 g/mol. The van der Waals surface area contributed by atoms with Crippen LogP contribution in [-0.2, 0) is 19.8 Å². The van der Waals surface area contributed by atoms with E-state index < -0.39 is 36.1 Å². The fraction of sp³-hybridized carbons (Fsp3) is 0.167. The van der Waals surface area contributed by atoms with Crippen molar-refractivity contribution in [3.8, 4) is 0 Å². The molecule has 7 rings (SSSR count). The van der Waals surface area contributed by atoms with Crippen LogP contribution >= 0.6 is 0 Å². The topological polar surface area (TPSA) is 135 Å². The Hall–Kier alpha value is -5.42. The van der Waals surface area contributed by atoms with Gasteiger partial charge in [-0.3, -0.25) is 4.57 Å². The summed E-state index contributed by atoms with van der Waals surface area (Å²) in [5.41, 5.74) is 8.74. The summed E-state index contributed by atoms with van der Waals surface area (Å²) in [5, 5.41) is 11.7.